The number of nitrogens with one attached hydrogen (secondary N) is 2. The van der Waals surface area contributed by atoms with Gasteiger partial charge in [-0.2, -0.15) is 0 Å². The van der Waals surface area contributed by atoms with E-state index >= 15 is 0 Å². The number of hydrogen-bond acceptors (Lipinski definition) is 3. The number of hydrogen-bond donors (Lipinski definition) is 3. The van der Waals surface area contributed by atoms with Crippen LogP contribution < -0.4 is 16.4 Å². The molecule has 1 aliphatic heterocycles. The molecule has 17 heavy (non-hydrogen) atoms. The predicted molar refractivity (Wildman–Crippen MR) is 70.7 cm³/mol. The average molecular weight is 241 g/mol. The largest absolute Gasteiger partial charge is 0.353 e. The van der Waals surface area contributed by atoms with E-state index in [2.05, 4.69) is 38.3 Å². The van der Waals surface area contributed by atoms with E-state index in [1.165, 1.54) is 0 Å². The van der Waals surface area contributed by atoms with Gasteiger partial charge in [0, 0.05) is 29.6 Å². The lowest BCUT2D eigenvalue weighted by Gasteiger charge is -2.46. The molecule has 4 heteroatoms. The van der Waals surface area contributed by atoms with Crippen molar-refractivity contribution in [2.75, 3.05) is 6.54 Å². The number of carbonyl (C=O) groups excluding carboxylic acids is 1. The minimum absolute atomic E-state index is 0.0612. The van der Waals surface area contributed by atoms with Gasteiger partial charge in [-0.05, 0) is 40.5 Å². The van der Waals surface area contributed by atoms with Crippen LogP contribution in [0.4, 0.5) is 0 Å². The summed E-state index contributed by atoms with van der Waals surface area (Å²) in [6.45, 7) is 11.0. The molecule has 1 atom stereocenters. The van der Waals surface area contributed by atoms with E-state index in [9.17, 15) is 4.79 Å². The van der Waals surface area contributed by atoms with Gasteiger partial charge in [-0.1, -0.05) is 6.92 Å². The van der Waals surface area contributed by atoms with Crippen molar-refractivity contribution in [2.45, 2.75) is 64.6 Å². The maximum atomic E-state index is 11.9. The number of amides is 1. The molecule has 4 nitrogen and oxygen atoms in total. The van der Waals surface area contributed by atoms with Crippen LogP contribution in [0, 0.1) is 5.92 Å². The maximum Gasteiger partial charge on any atom is 0.224 e. The molecule has 0 aliphatic carbocycles. The Bertz CT molecular complexity index is 270. The Morgan fingerprint density at radius 2 is 1.82 bits per heavy atom. The highest BCUT2D eigenvalue weighted by Gasteiger charge is 2.38. The van der Waals surface area contributed by atoms with Crippen molar-refractivity contribution in [3.8, 4) is 0 Å². The lowest BCUT2D eigenvalue weighted by Crippen LogP contribution is -2.62. The summed E-state index contributed by atoms with van der Waals surface area (Å²) in [4.78, 5) is 11.9. The third-order valence-corrected chi connectivity index (χ3v) is 3.34. The first-order chi connectivity index (χ1) is 7.65. The van der Waals surface area contributed by atoms with Gasteiger partial charge in [0.2, 0.25) is 5.91 Å². The van der Waals surface area contributed by atoms with E-state index < -0.39 is 0 Å². The predicted octanol–water partition coefficient (Wildman–Crippen LogP) is 1.01. The summed E-state index contributed by atoms with van der Waals surface area (Å²) in [5.41, 5.74) is 5.63. The molecule has 0 bridgehead atoms. The molecule has 100 valence electrons. The van der Waals surface area contributed by atoms with Gasteiger partial charge >= 0.3 is 0 Å². The minimum Gasteiger partial charge on any atom is -0.353 e. The summed E-state index contributed by atoms with van der Waals surface area (Å²) < 4.78 is 0. The van der Waals surface area contributed by atoms with Gasteiger partial charge < -0.3 is 16.4 Å². The minimum atomic E-state index is -0.101. The second-order valence-corrected chi connectivity index (χ2v) is 6.64. The Morgan fingerprint density at radius 3 is 2.24 bits per heavy atom. The van der Waals surface area contributed by atoms with Crippen molar-refractivity contribution in [3.05, 3.63) is 0 Å². The molecule has 1 amide bonds. The molecule has 1 fully saturated rings. The molecule has 0 aromatic heterocycles. The molecule has 0 spiro atoms. The molecule has 0 saturated carbocycles. The second-order valence-electron chi connectivity index (χ2n) is 6.64. The summed E-state index contributed by atoms with van der Waals surface area (Å²) in [5.74, 6) is -0.0258. The van der Waals surface area contributed by atoms with Crippen LogP contribution in [-0.2, 0) is 4.79 Å². The van der Waals surface area contributed by atoms with Crippen LogP contribution in [0.5, 0.6) is 0 Å². The Kier molecular flexibility index (Phi) is 4.20. The van der Waals surface area contributed by atoms with E-state index in [1.54, 1.807) is 0 Å². The van der Waals surface area contributed by atoms with E-state index in [0.717, 1.165) is 12.8 Å². The highest BCUT2D eigenvalue weighted by Crippen LogP contribution is 2.28. The monoisotopic (exact) mass is 241 g/mol. The van der Waals surface area contributed by atoms with Crippen LogP contribution in [0.15, 0.2) is 0 Å². The Morgan fingerprint density at radius 1 is 1.35 bits per heavy atom. The molecule has 0 aromatic carbocycles. The fraction of sp³-hybridized carbons (Fsp3) is 0.923. The van der Waals surface area contributed by atoms with Gasteiger partial charge in [0.05, 0.1) is 0 Å². The molecule has 0 radical (unpaired) electrons. The third kappa shape index (κ3) is 4.28. The van der Waals surface area contributed by atoms with Crippen molar-refractivity contribution >= 4 is 5.91 Å². The zero-order valence-electron chi connectivity index (χ0n) is 11.8. The van der Waals surface area contributed by atoms with Crippen LogP contribution >= 0.6 is 0 Å². The van der Waals surface area contributed by atoms with Gasteiger partial charge in [0.25, 0.3) is 0 Å². The van der Waals surface area contributed by atoms with Gasteiger partial charge in [0.1, 0.15) is 0 Å². The van der Waals surface area contributed by atoms with Crippen molar-refractivity contribution in [1.29, 1.82) is 0 Å². The highest BCUT2D eigenvalue weighted by molar-refractivity contribution is 5.78. The molecule has 1 rings (SSSR count). The summed E-state index contributed by atoms with van der Waals surface area (Å²) >= 11 is 0. The molecule has 1 unspecified atom stereocenters. The quantitative estimate of drug-likeness (QED) is 0.691. The second kappa shape index (κ2) is 4.94. The van der Waals surface area contributed by atoms with Crippen LogP contribution in [-0.4, -0.2) is 29.6 Å². The van der Waals surface area contributed by atoms with Crippen molar-refractivity contribution < 1.29 is 4.79 Å². The van der Waals surface area contributed by atoms with Gasteiger partial charge in [0.15, 0.2) is 0 Å². The smallest absolute Gasteiger partial charge is 0.224 e. The van der Waals surface area contributed by atoms with Gasteiger partial charge in [-0.15, -0.1) is 0 Å². The van der Waals surface area contributed by atoms with Crippen molar-refractivity contribution in [3.63, 3.8) is 0 Å². The topological polar surface area (TPSA) is 67.2 Å². The first-order valence-corrected chi connectivity index (χ1v) is 6.45. The summed E-state index contributed by atoms with van der Waals surface area (Å²) in [5, 5.41) is 6.72. The lowest BCUT2D eigenvalue weighted by molar-refractivity contribution is -0.125. The van der Waals surface area contributed by atoms with Crippen molar-refractivity contribution in [2.24, 2.45) is 11.7 Å². The molecule has 1 saturated heterocycles. The number of nitrogens with two attached hydrogens (primary N) is 1. The Balaban J connectivity index is 2.63. The zero-order valence-corrected chi connectivity index (χ0v) is 11.8. The Labute approximate surface area is 105 Å². The van der Waals surface area contributed by atoms with Gasteiger partial charge in [-0.3, -0.25) is 4.79 Å². The summed E-state index contributed by atoms with van der Waals surface area (Å²) in [6, 6.07) is 0.239. The normalized spacial score (nSPS) is 25.3. The van der Waals surface area contributed by atoms with Crippen molar-refractivity contribution in [1.82, 2.24) is 10.6 Å². The maximum absolute atomic E-state index is 11.9. The molecule has 0 aromatic rings. The van der Waals surface area contributed by atoms with Crippen LogP contribution in [0.25, 0.3) is 0 Å². The first kappa shape index (κ1) is 14.5. The number of rotatable bonds is 3. The molecular weight excluding hydrogens is 214 g/mol. The fourth-order valence-electron chi connectivity index (χ4n) is 2.87. The standard InChI is InChI=1S/C13H27N3O/c1-9(8-14)11(17)15-10-6-12(2,3)16-13(4,5)7-10/h9-10,16H,6-8,14H2,1-5H3,(H,15,17). The molecule has 1 aliphatic rings. The first-order valence-electron chi connectivity index (χ1n) is 6.45. The fourth-order valence-corrected chi connectivity index (χ4v) is 2.87. The SMILES string of the molecule is CC(CN)C(=O)NC1CC(C)(C)NC(C)(C)C1. The van der Waals surface area contributed by atoms with Crippen LogP contribution in [0.3, 0.4) is 0 Å². The number of carbonyl (C=O) groups is 1. The third-order valence-electron chi connectivity index (χ3n) is 3.34. The summed E-state index contributed by atoms with van der Waals surface area (Å²) in [7, 11) is 0. The highest BCUT2D eigenvalue weighted by atomic mass is 16.1. The van der Waals surface area contributed by atoms with E-state index in [4.69, 9.17) is 5.73 Å². The number of piperidine rings is 1. The molecule has 4 N–H and O–H groups in total. The van der Waals surface area contributed by atoms with Crippen LogP contribution in [0.1, 0.15) is 47.5 Å². The van der Waals surface area contributed by atoms with E-state index in [0.29, 0.717) is 6.54 Å². The molecular formula is C13H27N3O. The summed E-state index contributed by atoms with van der Waals surface area (Å²) in [6.07, 6.45) is 1.92. The van der Waals surface area contributed by atoms with E-state index in [-0.39, 0.29) is 28.9 Å². The average Bonchev–Trinajstić information content (AvgIpc) is 2.11. The van der Waals surface area contributed by atoms with Crippen LogP contribution in [0.2, 0.25) is 0 Å². The molecule has 1 heterocycles. The van der Waals surface area contributed by atoms with E-state index in [1.807, 2.05) is 6.92 Å². The Hall–Kier alpha value is -0.610. The lowest BCUT2D eigenvalue weighted by atomic mass is 9.79. The van der Waals surface area contributed by atoms with Gasteiger partial charge in [-0.25, -0.2) is 0 Å². The zero-order chi connectivity index (χ0) is 13.3.